The van der Waals surface area contributed by atoms with Crippen molar-refractivity contribution in [2.75, 3.05) is 26.0 Å². The summed E-state index contributed by atoms with van der Waals surface area (Å²) in [5.74, 6) is -1.08. The lowest BCUT2D eigenvalue weighted by Crippen LogP contribution is -2.40. The first-order valence-electron chi connectivity index (χ1n) is 7.83. The fraction of sp³-hybridized carbons (Fsp3) is 0.294. The molecule has 0 aliphatic carbocycles. The number of amides is 2. The van der Waals surface area contributed by atoms with E-state index in [1.807, 2.05) is 19.0 Å². The largest absolute Gasteiger partial charge is 0.468 e. The number of rotatable bonds is 6. The Kier molecular flexibility index (Phi) is 6.07. The molecule has 1 aromatic carbocycles. The predicted octanol–water partition coefficient (Wildman–Crippen LogP) is 1.85. The number of likely N-dealkylation sites (N-methyl/N-ethyl adjacent to an activating group) is 1. The van der Waals surface area contributed by atoms with Crippen molar-refractivity contribution in [2.24, 2.45) is 0 Å². The second kappa shape index (κ2) is 8.26. The molecule has 0 aliphatic heterocycles. The minimum atomic E-state index is -0.898. The Morgan fingerprint density at radius 2 is 2.00 bits per heavy atom. The van der Waals surface area contributed by atoms with Crippen LogP contribution in [-0.2, 0) is 9.59 Å². The Morgan fingerprint density at radius 1 is 1.27 bits per heavy atom. The molecule has 2 N–H and O–H groups in total. The number of carbonyl (C=O) groups excluding carboxylic acids is 2. The SMILES string of the molecule is Cc1ccc([N+](=O)[O-])cc1NC(=O)C(=O)NCC(c1ccco1)N(C)C. The topological polar surface area (TPSA) is 118 Å². The lowest BCUT2D eigenvalue weighted by atomic mass is 10.2. The highest BCUT2D eigenvalue weighted by Gasteiger charge is 2.21. The van der Waals surface area contributed by atoms with E-state index in [4.69, 9.17) is 4.42 Å². The van der Waals surface area contributed by atoms with Crippen LogP contribution in [0, 0.1) is 17.0 Å². The van der Waals surface area contributed by atoms with Crippen LogP contribution in [0.2, 0.25) is 0 Å². The minimum Gasteiger partial charge on any atom is -0.468 e. The van der Waals surface area contributed by atoms with Crippen LogP contribution < -0.4 is 10.6 Å². The second-order valence-corrected chi connectivity index (χ2v) is 5.92. The summed E-state index contributed by atoms with van der Waals surface area (Å²) >= 11 is 0. The maximum atomic E-state index is 12.1. The first-order valence-corrected chi connectivity index (χ1v) is 7.83. The summed E-state index contributed by atoms with van der Waals surface area (Å²) in [6.07, 6.45) is 1.53. The number of nitrogens with zero attached hydrogens (tertiary/aromatic N) is 2. The number of benzene rings is 1. The number of non-ortho nitro benzene ring substituents is 1. The normalized spacial score (nSPS) is 11.8. The van der Waals surface area contributed by atoms with Crippen molar-refractivity contribution in [3.05, 3.63) is 58.0 Å². The van der Waals surface area contributed by atoms with E-state index >= 15 is 0 Å². The number of nitrogens with one attached hydrogen (secondary N) is 2. The third kappa shape index (κ3) is 4.67. The van der Waals surface area contributed by atoms with Crippen LogP contribution in [0.15, 0.2) is 41.0 Å². The highest BCUT2D eigenvalue weighted by molar-refractivity contribution is 6.39. The summed E-state index contributed by atoms with van der Waals surface area (Å²) in [6, 6.07) is 7.34. The maximum absolute atomic E-state index is 12.1. The number of hydrogen-bond acceptors (Lipinski definition) is 6. The third-order valence-electron chi connectivity index (χ3n) is 3.84. The number of aryl methyl sites for hydroxylation is 1. The quantitative estimate of drug-likeness (QED) is 0.461. The van der Waals surface area contributed by atoms with Crippen LogP contribution in [0.25, 0.3) is 0 Å². The Morgan fingerprint density at radius 3 is 2.58 bits per heavy atom. The van der Waals surface area contributed by atoms with Gasteiger partial charge in [0.2, 0.25) is 0 Å². The van der Waals surface area contributed by atoms with Crippen molar-refractivity contribution in [3.63, 3.8) is 0 Å². The van der Waals surface area contributed by atoms with Crippen molar-refractivity contribution in [1.29, 1.82) is 0 Å². The molecule has 2 amide bonds. The van der Waals surface area contributed by atoms with Gasteiger partial charge in [-0.25, -0.2) is 0 Å². The molecule has 0 saturated heterocycles. The van der Waals surface area contributed by atoms with E-state index in [1.165, 1.54) is 24.5 Å². The van der Waals surface area contributed by atoms with Crippen LogP contribution in [0.5, 0.6) is 0 Å². The Balaban J connectivity index is 2.00. The van der Waals surface area contributed by atoms with Gasteiger partial charge in [0.25, 0.3) is 5.69 Å². The zero-order valence-electron chi connectivity index (χ0n) is 14.7. The third-order valence-corrected chi connectivity index (χ3v) is 3.84. The number of anilines is 1. The first-order chi connectivity index (χ1) is 12.3. The molecule has 0 radical (unpaired) electrons. The average Bonchev–Trinajstić information content (AvgIpc) is 3.10. The summed E-state index contributed by atoms with van der Waals surface area (Å²) < 4.78 is 5.34. The zero-order chi connectivity index (χ0) is 19.3. The molecular formula is C17H20N4O5. The number of nitro groups is 1. The molecular weight excluding hydrogens is 340 g/mol. The smallest absolute Gasteiger partial charge is 0.313 e. The molecule has 2 aromatic rings. The molecule has 9 nitrogen and oxygen atoms in total. The van der Waals surface area contributed by atoms with E-state index in [-0.39, 0.29) is 24.0 Å². The standard InChI is InChI=1S/C17H20N4O5/c1-11-6-7-12(21(24)25)9-13(11)19-17(23)16(22)18-10-14(20(2)3)15-5-4-8-26-15/h4-9,14H,10H2,1-3H3,(H,18,22)(H,19,23). The molecule has 0 spiro atoms. The van der Waals surface area contributed by atoms with Gasteiger partial charge in [0.15, 0.2) is 0 Å². The number of hydrogen-bond donors (Lipinski definition) is 2. The van der Waals surface area contributed by atoms with Crippen molar-refractivity contribution >= 4 is 23.2 Å². The van der Waals surface area contributed by atoms with Gasteiger partial charge in [0.1, 0.15) is 5.76 Å². The van der Waals surface area contributed by atoms with E-state index in [2.05, 4.69) is 10.6 Å². The van der Waals surface area contributed by atoms with Crippen molar-refractivity contribution in [1.82, 2.24) is 10.2 Å². The molecule has 0 saturated carbocycles. The van der Waals surface area contributed by atoms with E-state index in [1.54, 1.807) is 19.1 Å². The van der Waals surface area contributed by atoms with Crippen LogP contribution in [-0.4, -0.2) is 42.3 Å². The van der Waals surface area contributed by atoms with E-state index in [0.717, 1.165) is 0 Å². The van der Waals surface area contributed by atoms with E-state index in [9.17, 15) is 19.7 Å². The molecule has 26 heavy (non-hydrogen) atoms. The summed E-state index contributed by atoms with van der Waals surface area (Å²) in [4.78, 5) is 36.3. The van der Waals surface area contributed by atoms with Gasteiger partial charge in [-0.05, 0) is 38.7 Å². The van der Waals surface area contributed by atoms with Crippen LogP contribution in [0.1, 0.15) is 17.4 Å². The van der Waals surface area contributed by atoms with Crippen molar-refractivity contribution < 1.29 is 18.9 Å². The van der Waals surface area contributed by atoms with Gasteiger partial charge in [-0.3, -0.25) is 24.6 Å². The zero-order valence-corrected chi connectivity index (χ0v) is 14.7. The molecule has 1 unspecified atom stereocenters. The fourth-order valence-corrected chi connectivity index (χ4v) is 2.33. The van der Waals surface area contributed by atoms with Gasteiger partial charge in [-0.2, -0.15) is 0 Å². The molecule has 9 heteroatoms. The first kappa shape index (κ1) is 19.1. The average molecular weight is 360 g/mol. The highest BCUT2D eigenvalue weighted by Crippen LogP contribution is 2.22. The molecule has 1 aromatic heterocycles. The number of nitro benzene ring substituents is 1. The summed E-state index contributed by atoms with van der Waals surface area (Å²) in [6.45, 7) is 1.84. The molecule has 0 fully saturated rings. The molecule has 1 atom stereocenters. The summed E-state index contributed by atoms with van der Waals surface area (Å²) in [5.41, 5.74) is 0.657. The lowest BCUT2D eigenvalue weighted by molar-refractivity contribution is -0.384. The van der Waals surface area contributed by atoms with E-state index < -0.39 is 16.7 Å². The highest BCUT2D eigenvalue weighted by atomic mass is 16.6. The molecule has 1 heterocycles. The van der Waals surface area contributed by atoms with Gasteiger partial charge in [0.05, 0.1) is 22.9 Å². The van der Waals surface area contributed by atoms with Gasteiger partial charge in [-0.1, -0.05) is 6.07 Å². The molecule has 138 valence electrons. The van der Waals surface area contributed by atoms with Gasteiger partial charge >= 0.3 is 11.8 Å². The minimum absolute atomic E-state index is 0.167. The molecule has 2 rings (SSSR count). The van der Waals surface area contributed by atoms with Crippen LogP contribution in [0.3, 0.4) is 0 Å². The summed E-state index contributed by atoms with van der Waals surface area (Å²) in [5, 5.41) is 15.8. The Hall–Kier alpha value is -3.20. The van der Waals surface area contributed by atoms with Crippen molar-refractivity contribution in [2.45, 2.75) is 13.0 Å². The molecule has 0 aliphatic rings. The summed E-state index contributed by atoms with van der Waals surface area (Å²) in [7, 11) is 3.65. The van der Waals surface area contributed by atoms with Crippen molar-refractivity contribution in [3.8, 4) is 0 Å². The molecule has 0 bridgehead atoms. The van der Waals surface area contributed by atoms with Gasteiger partial charge in [-0.15, -0.1) is 0 Å². The Bertz CT molecular complexity index is 801. The predicted molar refractivity (Wildman–Crippen MR) is 94.6 cm³/mol. The Labute approximate surface area is 150 Å². The second-order valence-electron chi connectivity index (χ2n) is 5.92. The van der Waals surface area contributed by atoms with Gasteiger partial charge in [0, 0.05) is 18.7 Å². The maximum Gasteiger partial charge on any atom is 0.313 e. The fourth-order valence-electron chi connectivity index (χ4n) is 2.33. The van der Waals surface area contributed by atoms with Gasteiger partial charge < -0.3 is 15.1 Å². The van der Waals surface area contributed by atoms with E-state index in [0.29, 0.717) is 11.3 Å². The number of furan rings is 1. The number of carbonyl (C=O) groups is 2. The van der Waals surface area contributed by atoms with Crippen LogP contribution in [0.4, 0.5) is 11.4 Å². The lowest BCUT2D eigenvalue weighted by Gasteiger charge is -2.22. The monoisotopic (exact) mass is 360 g/mol. The van der Waals surface area contributed by atoms with Crippen LogP contribution >= 0.6 is 0 Å².